The van der Waals surface area contributed by atoms with Crippen LogP contribution < -0.4 is 9.47 Å². The smallest absolute Gasteiger partial charge is 0.389 e. The van der Waals surface area contributed by atoms with Crippen molar-refractivity contribution in [2.24, 2.45) is 0 Å². The Bertz CT molecular complexity index is 1450. The molecule has 0 bridgehead atoms. The van der Waals surface area contributed by atoms with Crippen molar-refractivity contribution in [3.05, 3.63) is 54.6 Å². The van der Waals surface area contributed by atoms with E-state index < -0.39 is 36.8 Å². The Kier molecular flexibility index (Phi) is 6.92. The second kappa shape index (κ2) is 9.96. The van der Waals surface area contributed by atoms with Crippen LogP contribution in [0.4, 0.5) is 13.2 Å². The average molecular weight is 516 g/mol. The van der Waals surface area contributed by atoms with E-state index in [1.807, 2.05) is 6.07 Å². The zero-order chi connectivity index (χ0) is 26.9. The molecule has 0 amide bonds. The van der Waals surface area contributed by atoms with Crippen LogP contribution >= 0.6 is 0 Å². The van der Waals surface area contributed by atoms with E-state index in [2.05, 4.69) is 10.1 Å². The van der Waals surface area contributed by atoms with Crippen molar-refractivity contribution in [2.75, 3.05) is 14.2 Å². The summed E-state index contributed by atoms with van der Waals surface area (Å²) < 4.78 is 51.8. The van der Waals surface area contributed by atoms with Crippen molar-refractivity contribution in [1.82, 2.24) is 19.2 Å². The molecule has 0 radical (unpaired) electrons. The number of fused-ring (bicyclic) bond motifs is 1. The number of ketones is 1. The van der Waals surface area contributed by atoms with E-state index in [9.17, 15) is 27.9 Å². The molecule has 0 saturated heterocycles. The number of benzene rings is 1. The summed E-state index contributed by atoms with van der Waals surface area (Å²) in [6.45, 7) is 1.53. The van der Waals surface area contributed by atoms with Crippen LogP contribution in [0.2, 0.25) is 0 Å². The van der Waals surface area contributed by atoms with Gasteiger partial charge in [0.05, 0.1) is 38.7 Å². The van der Waals surface area contributed by atoms with Gasteiger partial charge in [-0.2, -0.15) is 18.3 Å². The molecule has 9 nitrogen and oxygen atoms in total. The van der Waals surface area contributed by atoms with Crippen LogP contribution in [0.15, 0.2) is 49.1 Å². The molecule has 3 heterocycles. The maximum Gasteiger partial charge on any atom is 0.389 e. The molecular weight excluding hydrogens is 493 g/mol. The quantitative estimate of drug-likeness (QED) is 0.310. The van der Waals surface area contributed by atoms with Gasteiger partial charge in [0.1, 0.15) is 28.8 Å². The Morgan fingerprint density at radius 1 is 1.05 bits per heavy atom. The Balaban J connectivity index is 1.70. The molecule has 4 aromatic rings. The number of ether oxygens (including phenoxy) is 2. The Labute approximate surface area is 209 Å². The van der Waals surface area contributed by atoms with Crippen LogP contribution in [0.1, 0.15) is 36.2 Å². The SMILES string of the molecule is COc1cc(-c2cnc3cc(-c4cnn(C(C)C(=O)O)c4)ccn23)cc(OC)c1C(=O)CCC(F)(F)F. The third kappa shape index (κ3) is 5.27. The molecule has 1 N–H and O–H groups in total. The number of carbonyl (C=O) groups excluding carboxylic acids is 1. The monoisotopic (exact) mass is 516 g/mol. The fraction of sp³-hybridized carbons (Fsp3) is 0.280. The summed E-state index contributed by atoms with van der Waals surface area (Å²) in [6.07, 6.45) is 0.150. The van der Waals surface area contributed by atoms with E-state index in [0.717, 1.165) is 5.56 Å². The molecule has 0 spiro atoms. The predicted octanol–water partition coefficient (Wildman–Crippen LogP) is 5.05. The highest BCUT2D eigenvalue weighted by Gasteiger charge is 2.30. The lowest BCUT2D eigenvalue weighted by molar-refractivity contribution is -0.140. The van der Waals surface area contributed by atoms with E-state index in [1.165, 1.54) is 25.8 Å². The number of methoxy groups -OCH3 is 2. The lowest BCUT2D eigenvalue weighted by Crippen LogP contribution is -2.15. The van der Waals surface area contributed by atoms with Gasteiger partial charge in [-0.05, 0) is 36.8 Å². The van der Waals surface area contributed by atoms with Crippen LogP contribution in [0.3, 0.4) is 0 Å². The van der Waals surface area contributed by atoms with E-state index >= 15 is 0 Å². The molecule has 194 valence electrons. The van der Waals surface area contributed by atoms with Gasteiger partial charge in [-0.25, -0.2) is 9.78 Å². The Hall–Kier alpha value is -4.35. The Morgan fingerprint density at radius 2 is 1.73 bits per heavy atom. The highest BCUT2D eigenvalue weighted by molar-refractivity contribution is 6.02. The van der Waals surface area contributed by atoms with Gasteiger partial charge in [0, 0.05) is 29.9 Å². The minimum atomic E-state index is -4.46. The summed E-state index contributed by atoms with van der Waals surface area (Å²) in [7, 11) is 2.65. The summed E-state index contributed by atoms with van der Waals surface area (Å²) >= 11 is 0. The number of imidazole rings is 1. The van der Waals surface area contributed by atoms with Gasteiger partial charge in [-0.15, -0.1) is 0 Å². The van der Waals surface area contributed by atoms with Crippen molar-refractivity contribution in [3.63, 3.8) is 0 Å². The van der Waals surface area contributed by atoms with Crippen LogP contribution in [0, 0.1) is 0 Å². The maximum atomic E-state index is 12.6. The molecule has 37 heavy (non-hydrogen) atoms. The third-order valence-electron chi connectivity index (χ3n) is 5.92. The lowest BCUT2D eigenvalue weighted by atomic mass is 10.0. The van der Waals surface area contributed by atoms with Crippen molar-refractivity contribution in [2.45, 2.75) is 32.0 Å². The lowest BCUT2D eigenvalue weighted by Gasteiger charge is -2.15. The zero-order valence-corrected chi connectivity index (χ0v) is 20.1. The summed E-state index contributed by atoms with van der Waals surface area (Å²) in [5, 5.41) is 13.3. The van der Waals surface area contributed by atoms with Gasteiger partial charge in [0.15, 0.2) is 5.78 Å². The van der Waals surface area contributed by atoms with Gasteiger partial charge in [0.25, 0.3) is 0 Å². The molecule has 1 unspecified atom stereocenters. The second-order valence-corrected chi connectivity index (χ2v) is 8.30. The number of aliphatic carboxylic acids is 1. The van der Waals surface area contributed by atoms with Crippen molar-refractivity contribution in [3.8, 4) is 33.9 Å². The molecule has 12 heteroatoms. The van der Waals surface area contributed by atoms with E-state index in [-0.39, 0.29) is 17.1 Å². The molecule has 1 atom stereocenters. The van der Waals surface area contributed by atoms with Crippen LogP contribution in [0.25, 0.3) is 28.0 Å². The number of carbonyl (C=O) groups is 2. The molecule has 3 aromatic heterocycles. The number of Topliss-reactive ketones (excluding diaryl/α,β-unsaturated/α-hetero) is 1. The second-order valence-electron chi connectivity index (χ2n) is 8.30. The molecule has 0 aliphatic heterocycles. The zero-order valence-electron chi connectivity index (χ0n) is 20.1. The summed E-state index contributed by atoms with van der Waals surface area (Å²) in [5.74, 6) is -1.55. The summed E-state index contributed by atoms with van der Waals surface area (Å²) in [5.41, 5.74) is 3.21. The van der Waals surface area contributed by atoms with Crippen molar-refractivity contribution in [1.29, 1.82) is 0 Å². The van der Waals surface area contributed by atoms with Crippen molar-refractivity contribution < 1.29 is 37.3 Å². The van der Waals surface area contributed by atoms with Gasteiger partial charge >= 0.3 is 12.1 Å². The van der Waals surface area contributed by atoms with Crippen LogP contribution in [0.5, 0.6) is 11.5 Å². The number of nitrogens with zero attached hydrogens (tertiary/aromatic N) is 4. The Morgan fingerprint density at radius 3 is 2.32 bits per heavy atom. The number of hydrogen-bond acceptors (Lipinski definition) is 6. The standard InChI is InChI=1S/C25H23F3N4O5/c1-14(24(34)35)32-13-17(11-30-32)15-5-7-31-18(12-29-22(31)10-15)16-8-20(36-2)23(21(9-16)37-3)19(33)4-6-25(26,27)28/h5,7-14H,4,6H2,1-3H3,(H,34,35). The first-order valence-corrected chi connectivity index (χ1v) is 11.1. The van der Waals surface area contributed by atoms with Crippen LogP contribution in [-0.4, -0.2) is 56.4 Å². The first kappa shape index (κ1) is 25.7. The molecule has 0 aliphatic rings. The molecule has 0 fully saturated rings. The van der Waals surface area contributed by atoms with Gasteiger partial charge < -0.3 is 14.6 Å². The van der Waals surface area contributed by atoms with E-state index in [1.54, 1.807) is 47.4 Å². The van der Waals surface area contributed by atoms with Gasteiger partial charge in [-0.3, -0.25) is 13.9 Å². The van der Waals surface area contributed by atoms with Gasteiger partial charge in [0.2, 0.25) is 0 Å². The van der Waals surface area contributed by atoms with Gasteiger partial charge in [-0.1, -0.05) is 0 Å². The first-order valence-electron chi connectivity index (χ1n) is 11.1. The summed E-state index contributed by atoms with van der Waals surface area (Å²) in [4.78, 5) is 28.3. The highest BCUT2D eigenvalue weighted by Crippen LogP contribution is 2.37. The predicted molar refractivity (Wildman–Crippen MR) is 127 cm³/mol. The third-order valence-corrected chi connectivity index (χ3v) is 5.92. The van der Waals surface area contributed by atoms with E-state index in [4.69, 9.17) is 9.47 Å². The minimum Gasteiger partial charge on any atom is -0.496 e. The molecular formula is C25H23F3N4O5. The normalized spacial score (nSPS) is 12.5. The number of pyridine rings is 1. The largest absolute Gasteiger partial charge is 0.496 e. The number of aromatic nitrogens is 4. The number of rotatable bonds is 9. The molecule has 1 aromatic carbocycles. The topological polar surface area (TPSA) is 108 Å². The maximum absolute atomic E-state index is 12.6. The summed E-state index contributed by atoms with van der Waals surface area (Å²) in [6, 6.07) is 5.91. The minimum absolute atomic E-state index is 0.0540. The highest BCUT2D eigenvalue weighted by atomic mass is 19.4. The van der Waals surface area contributed by atoms with Crippen LogP contribution in [-0.2, 0) is 4.79 Å². The fourth-order valence-corrected chi connectivity index (χ4v) is 3.90. The molecule has 0 aliphatic carbocycles. The number of carboxylic acids is 1. The van der Waals surface area contributed by atoms with Crippen molar-refractivity contribution >= 4 is 17.4 Å². The average Bonchev–Trinajstić information content (AvgIpc) is 3.52. The number of halogens is 3. The number of hydrogen-bond donors (Lipinski definition) is 1. The first-order chi connectivity index (χ1) is 17.5. The number of carboxylic acid groups (broad SMARTS) is 1. The van der Waals surface area contributed by atoms with E-state index in [0.29, 0.717) is 22.5 Å². The molecule has 0 saturated carbocycles. The fourth-order valence-electron chi connectivity index (χ4n) is 3.90. The molecule has 4 rings (SSSR count). The number of alkyl halides is 3.